The fourth-order valence-electron chi connectivity index (χ4n) is 2.12. The fraction of sp³-hybridized carbons (Fsp3) is 0.533. The first-order chi connectivity index (χ1) is 11.3. The lowest BCUT2D eigenvalue weighted by Crippen LogP contribution is -2.50. The lowest BCUT2D eigenvalue weighted by Gasteiger charge is -2.20. The molecule has 0 bridgehead atoms. The van der Waals surface area contributed by atoms with Crippen LogP contribution < -0.4 is 16.0 Å². The van der Waals surface area contributed by atoms with Crippen molar-refractivity contribution in [1.29, 1.82) is 0 Å². The highest BCUT2D eigenvalue weighted by molar-refractivity contribution is 6.13. The SMILES string of the molecule is CC(=O)NCCCCC(NC(C)=O)C(=O)NCN1C(=O)C=CC1=O. The maximum atomic E-state index is 12.2. The van der Waals surface area contributed by atoms with Gasteiger partial charge in [-0.15, -0.1) is 0 Å². The van der Waals surface area contributed by atoms with E-state index < -0.39 is 23.8 Å². The van der Waals surface area contributed by atoms with E-state index in [2.05, 4.69) is 16.0 Å². The number of amides is 5. The van der Waals surface area contributed by atoms with E-state index in [0.717, 1.165) is 17.1 Å². The Kier molecular flexibility index (Phi) is 7.60. The van der Waals surface area contributed by atoms with E-state index >= 15 is 0 Å². The summed E-state index contributed by atoms with van der Waals surface area (Å²) >= 11 is 0. The highest BCUT2D eigenvalue weighted by Gasteiger charge is 2.25. The Hall–Kier alpha value is -2.71. The first-order valence-electron chi connectivity index (χ1n) is 7.64. The second kappa shape index (κ2) is 9.43. The first kappa shape index (κ1) is 19.3. The van der Waals surface area contributed by atoms with Gasteiger partial charge in [0.25, 0.3) is 11.8 Å². The van der Waals surface area contributed by atoms with Crippen molar-refractivity contribution in [3.05, 3.63) is 12.2 Å². The summed E-state index contributed by atoms with van der Waals surface area (Å²) in [6, 6.07) is -0.763. The van der Waals surface area contributed by atoms with Gasteiger partial charge in [-0.1, -0.05) is 0 Å². The Balaban J connectivity index is 2.43. The molecule has 0 radical (unpaired) electrons. The van der Waals surface area contributed by atoms with Gasteiger partial charge >= 0.3 is 0 Å². The molecule has 0 saturated heterocycles. The Morgan fingerprint density at radius 3 is 2.17 bits per heavy atom. The number of carbonyl (C=O) groups excluding carboxylic acids is 5. The Morgan fingerprint density at radius 2 is 1.62 bits per heavy atom. The summed E-state index contributed by atoms with van der Waals surface area (Å²) in [5, 5.41) is 7.65. The Bertz CT molecular complexity index is 540. The molecule has 0 fully saturated rings. The predicted molar refractivity (Wildman–Crippen MR) is 84.1 cm³/mol. The summed E-state index contributed by atoms with van der Waals surface area (Å²) < 4.78 is 0. The maximum absolute atomic E-state index is 12.2. The van der Waals surface area contributed by atoms with Crippen molar-refractivity contribution < 1.29 is 24.0 Å². The summed E-state index contributed by atoms with van der Waals surface area (Å²) in [5.41, 5.74) is 0. The molecule has 0 saturated carbocycles. The zero-order valence-electron chi connectivity index (χ0n) is 13.8. The molecule has 0 aromatic carbocycles. The van der Waals surface area contributed by atoms with E-state index in [4.69, 9.17) is 0 Å². The smallest absolute Gasteiger partial charge is 0.255 e. The zero-order valence-corrected chi connectivity index (χ0v) is 13.8. The van der Waals surface area contributed by atoms with Crippen LogP contribution in [0, 0.1) is 0 Å². The minimum absolute atomic E-state index is 0.125. The molecule has 1 atom stereocenters. The standard InChI is InChI=1S/C15H22N4O5/c1-10(20)16-8-4-3-5-12(18-11(2)21)15(24)17-9-19-13(22)6-7-14(19)23/h6-7,12H,3-5,8-9H2,1-2H3,(H,16,20)(H,17,24)(H,18,21). The number of unbranched alkanes of at least 4 members (excludes halogenated alkanes) is 1. The Labute approximate surface area is 139 Å². The summed E-state index contributed by atoms with van der Waals surface area (Å²) in [6.45, 7) is 2.97. The van der Waals surface area contributed by atoms with Crippen molar-refractivity contribution in [2.75, 3.05) is 13.2 Å². The molecule has 1 unspecified atom stereocenters. The second-order valence-electron chi connectivity index (χ2n) is 5.37. The number of carbonyl (C=O) groups is 5. The third kappa shape index (κ3) is 6.59. The molecule has 9 nitrogen and oxygen atoms in total. The van der Waals surface area contributed by atoms with Gasteiger partial charge < -0.3 is 16.0 Å². The summed E-state index contributed by atoms with van der Waals surface area (Å²) in [7, 11) is 0. The van der Waals surface area contributed by atoms with Crippen LogP contribution >= 0.6 is 0 Å². The predicted octanol–water partition coefficient (Wildman–Crippen LogP) is -1.20. The maximum Gasteiger partial charge on any atom is 0.255 e. The van der Waals surface area contributed by atoms with Crippen LogP contribution in [-0.2, 0) is 24.0 Å². The minimum Gasteiger partial charge on any atom is -0.356 e. The molecule has 24 heavy (non-hydrogen) atoms. The van der Waals surface area contributed by atoms with Crippen LogP contribution in [0.5, 0.6) is 0 Å². The van der Waals surface area contributed by atoms with Crippen molar-refractivity contribution in [2.24, 2.45) is 0 Å². The van der Waals surface area contributed by atoms with Crippen LogP contribution in [0.2, 0.25) is 0 Å². The second-order valence-corrected chi connectivity index (χ2v) is 5.37. The molecule has 1 rings (SSSR count). The summed E-state index contributed by atoms with van der Waals surface area (Å²) in [6.07, 6.45) is 3.91. The van der Waals surface area contributed by atoms with Crippen LogP contribution in [0.15, 0.2) is 12.2 Å². The number of nitrogens with zero attached hydrogens (tertiary/aromatic N) is 1. The van der Waals surface area contributed by atoms with Gasteiger partial charge in [-0.05, 0) is 19.3 Å². The lowest BCUT2D eigenvalue weighted by molar-refractivity contribution is -0.138. The van der Waals surface area contributed by atoms with Crippen LogP contribution in [-0.4, -0.2) is 53.7 Å². The van der Waals surface area contributed by atoms with E-state index in [1.54, 1.807) is 0 Å². The van der Waals surface area contributed by atoms with Gasteiger partial charge in [-0.3, -0.25) is 28.9 Å². The topological polar surface area (TPSA) is 125 Å². The van der Waals surface area contributed by atoms with Crippen molar-refractivity contribution in [3.8, 4) is 0 Å². The van der Waals surface area contributed by atoms with Gasteiger partial charge in [0.15, 0.2) is 0 Å². The third-order valence-corrected chi connectivity index (χ3v) is 3.30. The average molecular weight is 338 g/mol. The van der Waals surface area contributed by atoms with Gasteiger partial charge in [0.2, 0.25) is 17.7 Å². The molecule has 0 aliphatic carbocycles. The van der Waals surface area contributed by atoms with Crippen LogP contribution in [0.4, 0.5) is 0 Å². The number of hydrogen-bond donors (Lipinski definition) is 3. The molecule has 1 aliphatic rings. The van der Waals surface area contributed by atoms with Gasteiger partial charge in [0, 0.05) is 32.5 Å². The van der Waals surface area contributed by atoms with E-state index in [1.807, 2.05) is 0 Å². The Morgan fingerprint density at radius 1 is 1.00 bits per heavy atom. The van der Waals surface area contributed by atoms with Crippen molar-refractivity contribution in [1.82, 2.24) is 20.9 Å². The van der Waals surface area contributed by atoms with Gasteiger partial charge in [-0.2, -0.15) is 0 Å². The molecular formula is C15H22N4O5. The van der Waals surface area contributed by atoms with Gasteiger partial charge in [-0.25, -0.2) is 0 Å². The summed E-state index contributed by atoms with van der Waals surface area (Å²) in [5.74, 6) is -1.94. The highest BCUT2D eigenvalue weighted by atomic mass is 16.2. The molecule has 1 heterocycles. The molecule has 1 aliphatic heterocycles. The van der Waals surface area contributed by atoms with E-state index in [-0.39, 0.29) is 18.5 Å². The lowest BCUT2D eigenvalue weighted by atomic mass is 10.1. The van der Waals surface area contributed by atoms with Crippen molar-refractivity contribution in [2.45, 2.75) is 39.2 Å². The molecular weight excluding hydrogens is 316 g/mol. The van der Waals surface area contributed by atoms with Crippen LogP contribution in [0.25, 0.3) is 0 Å². The average Bonchev–Trinajstić information content (AvgIpc) is 2.81. The molecule has 9 heteroatoms. The number of imide groups is 1. The molecule has 0 aromatic rings. The molecule has 0 spiro atoms. The quantitative estimate of drug-likeness (QED) is 0.360. The van der Waals surface area contributed by atoms with E-state index in [1.165, 1.54) is 13.8 Å². The number of nitrogens with one attached hydrogen (secondary N) is 3. The highest BCUT2D eigenvalue weighted by Crippen LogP contribution is 2.04. The number of rotatable bonds is 9. The van der Waals surface area contributed by atoms with Gasteiger partial charge in [0.1, 0.15) is 12.7 Å². The molecule has 132 valence electrons. The molecule has 0 aromatic heterocycles. The zero-order chi connectivity index (χ0) is 18.1. The normalized spacial score (nSPS) is 14.5. The number of hydrogen-bond acceptors (Lipinski definition) is 5. The third-order valence-electron chi connectivity index (χ3n) is 3.30. The summed E-state index contributed by atoms with van der Waals surface area (Å²) in [4.78, 5) is 57.8. The minimum atomic E-state index is -0.763. The largest absolute Gasteiger partial charge is 0.356 e. The fourth-order valence-corrected chi connectivity index (χ4v) is 2.12. The van der Waals surface area contributed by atoms with E-state index in [9.17, 15) is 24.0 Å². The van der Waals surface area contributed by atoms with Crippen LogP contribution in [0.1, 0.15) is 33.1 Å². The monoisotopic (exact) mass is 338 g/mol. The van der Waals surface area contributed by atoms with Crippen molar-refractivity contribution in [3.63, 3.8) is 0 Å². The molecule has 3 N–H and O–H groups in total. The van der Waals surface area contributed by atoms with Gasteiger partial charge in [0.05, 0.1) is 0 Å². The van der Waals surface area contributed by atoms with Crippen molar-refractivity contribution >= 4 is 29.5 Å². The van der Waals surface area contributed by atoms with E-state index in [0.29, 0.717) is 25.8 Å². The first-order valence-corrected chi connectivity index (χ1v) is 7.64. The molecule has 5 amide bonds. The van der Waals surface area contributed by atoms with Crippen LogP contribution in [0.3, 0.4) is 0 Å².